The van der Waals surface area contributed by atoms with Crippen LogP contribution in [0.4, 0.5) is 0 Å². The van der Waals surface area contributed by atoms with Crippen LogP contribution in [0, 0.1) is 6.92 Å². The first-order valence-electron chi connectivity index (χ1n) is 6.89. The molecular weight excluding hydrogens is 314 g/mol. The van der Waals surface area contributed by atoms with Crippen LogP contribution in [0.5, 0.6) is 0 Å². The first-order valence-corrected chi connectivity index (χ1v) is 8.37. The molecule has 5 nitrogen and oxygen atoms in total. The van der Waals surface area contributed by atoms with E-state index in [1.54, 1.807) is 30.3 Å². The zero-order valence-corrected chi connectivity index (χ0v) is 13.4. The number of carboxylic acid groups (broad SMARTS) is 1. The first kappa shape index (κ1) is 16.9. The van der Waals surface area contributed by atoms with Gasteiger partial charge in [-0.05, 0) is 30.7 Å². The lowest BCUT2D eigenvalue weighted by Crippen LogP contribution is -2.28. The molecule has 1 atom stereocenters. The summed E-state index contributed by atoms with van der Waals surface area (Å²) < 4.78 is 27.4. The number of hydrogen-bond acceptors (Lipinski definition) is 3. The van der Waals surface area contributed by atoms with Crippen molar-refractivity contribution in [1.82, 2.24) is 4.72 Å². The van der Waals surface area contributed by atoms with E-state index >= 15 is 0 Å². The summed E-state index contributed by atoms with van der Waals surface area (Å²) in [6, 6.07) is 11.8. The molecule has 0 radical (unpaired) electrons. The average Bonchev–Trinajstić information content (AvgIpc) is 2.53. The molecule has 2 N–H and O–H groups in total. The third kappa shape index (κ3) is 3.85. The second-order valence-corrected chi connectivity index (χ2v) is 6.75. The van der Waals surface area contributed by atoms with Crippen LogP contribution in [0.2, 0.25) is 0 Å². The number of aromatic carboxylic acids is 1. The van der Waals surface area contributed by atoms with E-state index in [0.717, 1.165) is 5.56 Å². The van der Waals surface area contributed by atoms with Crippen LogP contribution in [0.25, 0.3) is 0 Å². The van der Waals surface area contributed by atoms with Crippen molar-refractivity contribution >= 4 is 16.0 Å². The fraction of sp³-hybridized carbons (Fsp3) is 0.118. The van der Waals surface area contributed by atoms with Gasteiger partial charge >= 0.3 is 5.97 Å². The lowest BCUT2D eigenvalue weighted by atomic mass is 10.0. The van der Waals surface area contributed by atoms with Gasteiger partial charge in [-0.3, -0.25) is 0 Å². The van der Waals surface area contributed by atoms with Gasteiger partial charge in [-0.2, -0.15) is 4.72 Å². The second kappa shape index (κ2) is 6.76. The lowest BCUT2D eigenvalue weighted by molar-refractivity contribution is 0.0695. The Kier molecular flexibility index (Phi) is 4.98. The maximum atomic E-state index is 12.5. The number of rotatable bonds is 6. The number of carboxylic acids is 1. The molecule has 2 aromatic rings. The van der Waals surface area contributed by atoms with E-state index in [-0.39, 0.29) is 10.5 Å². The van der Waals surface area contributed by atoms with E-state index in [4.69, 9.17) is 0 Å². The number of aryl methyl sites for hydroxylation is 1. The summed E-state index contributed by atoms with van der Waals surface area (Å²) in [5, 5.41) is 9.24. The van der Waals surface area contributed by atoms with Gasteiger partial charge in [0.2, 0.25) is 10.0 Å². The summed E-state index contributed by atoms with van der Waals surface area (Å²) in [5.41, 5.74) is 1.31. The Hall–Kier alpha value is -2.44. The molecule has 23 heavy (non-hydrogen) atoms. The van der Waals surface area contributed by atoms with Crippen molar-refractivity contribution in [2.75, 3.05) is 0 Å². The molecule has 0 saturated heterocycles. The van der Waals surface area contributed by atoms with Crippen LogP contribution in [0.15, 0.2) is 66.1 Å². The topological polar surface area (TPSA) is 83.5 Å². The molecule has 0 spiro atoms. The minimum Gasteiger partial charge on any atom is -0.478 e. The van der Waals surface area contributed by atoms with E-state index in [1.165, 1.54) is 24.3 Å². The molecule has 0 bridgehead atoms. The SMILES string of the molecule is C=CC(NS(=O)(=O)c1ccc(C)cc1)c1ccccc1C(=O)O. The van der Waals surface area contributed by atoms with Crippen LogP contribution in [0.3, 0.4) is 0 Å². The summed E-state index contributed by atoms with van der Waals surface area (Å²) in [7, 11) is -3.79. The van der Waals surface area contributed by atoms with Crippen molar-refractivity contribution in [1.29, 1.82) is 0 Å². The molecule has 2 aromatic carbocycles. The molecule has 2 rings (SSSR count). The highest BCUT2D eigenvalue weighted by atomic mass is 32.2. The molecule has 0 saturated carbocycles. The van der Waals surface area contributed by atoms with Crippen LogP contribution in [-0.2, 0) is 10.0 Å². The van der Waals surface area contributed by atoms with Gasteiger partial charge in [0.05, 0.1) is 16.5 Å². The van der Waals surface area contributed by atoms with Gasteiger partial charge in [0.25, 0.3) is 0 Å². The number of sulfonamides is 1. The second-order valence-electron chi connectivity index (χ2n) is 5.04. The third-order valence-corrected chi connectivity index (χ3v) is 4.83. The summed E-state index contributed by atoms with van der Waals surface area (Å²) in [6.45, 7) is 5.47. The Labute approximate surface area is 135 Å². The highest BCUT2D eigenvalue weighted by Crippen LogP contribution is 2.22. The Morgan fingerprint density at radius 2 is 1.78 bits per heavy atom. The van der Waals surface area contributed by atoms with E-state index in [1.807, 2.05) is 6.92 Å². The Morgan fingerprint density at radius 1 is 1.17 bits per heavy atom. The molecular formula is C17H17NO4S. The zero-order valence-electron chi connectivity index (χ0n) is 12.6. The highest BCUT2D eigenvalue weighted by molar-refractivity contribution is 7.89. The molecule has 0 aliphatic carbocycles. The molecule has 0 heterocycles. The molecule has 6 heteroatoms. The lowest BCUT2D eigenvalue weighted by Gasteiger charge is -2.17. The summed E-state index contributed by atoms with van der Waals surface area (Å²) >= 11 is 0. The predicted octanol–water partition coefficient (Wildman–Crippen LogP) is 2.90. The van der Waals surface area contributed by atoms with Crippen molar-refractivity contribution in [2.24, 2.45) is 0 Å². The average molecular weight is 331 g/mol. The smallest absolute Gasteiger partial charge is 0.336 e. The Bertz CT molecular complexity index is 826. The quantitative estimate of drug-likeness (QED) is 0.797. The van der Waals surface area contributed by atoms with E-state index < -0.39 is 22.0 Å². The van der Waals surface area contributed by atoms with Gasteiger partial charge in [0.15, 0.2) is 0 Å². The number of carbonyl (C=O) groups is 1. The molecule has 0 aliphatic heterocycles. The summed E-state index contributed by atoms with van der Waals surface area (Å²) in [4.78, 5) is 11.4. The zero-order chi connectivity index (χ0) is 17.0. The van der Waals surface area contributed by atoms with Crippen LogP contribution >= 0.6 is 0 Å². The van der Waals surface area contributed by atoms with Crippen molar-refractivity contribution < 1.29 is 18.3 Å². The standard InChI is InChI=1S/C17H17NO4S/c1-3-16(14-6-4-5-7-15(14)17(19)20)18-23(21,22)13-10-8-12(2)9-11-13/h3-11,16,18H,1H2,2H3,(H,19,20). The normalized spacial score (nSPS) is 12.6. The fourth-order valence-electron chi connectivity index (χ4n) is 2.15. The molecule has 0 fully saturated rings. The van der Waals surface area contributed by atoms with Crippen molar-refractivity contribution in [2.45, 2.75) is 17.9 Å². The van der Waals surface area contributed by atoms with Crippen molar-refractivity contribution in [3.63, 3.8) is 0 Å². The number of benzene rings is 2. The number of hydrogen-bond donors (Lipinski definition) is 2. The van der Waals surface area contributed by atoms with Gasteiger partial charge in [-0.15, -0.1) is 6.58 Å². The van der Waals surface area contributed by atoms with Crippen LogP contribution in [0.1, 0.15) is 27.5 Å². The van der Waals surface area contributed by atoms with Gasteiger partial charge in [-0.1, -0.05) is 42.0 Å². The van der Waals surface area contributed by atoms with Gasteiger partial charge in [0, 0.05) is 0 Å². The Balaban J connectivity index is 2.38. The van der Waals surface area contributed by atoms with Crippen LogP contribution < -0.4 is 4.72 Å². The van der Waals surface area contributed by atoms with E-state index in [9.17, 15) is 18.3 Å². The van der Waals surface area contributed by atoms with Gasteiger partial charge < -0.3 is 5.11 Å². The molecule has 1 unspecified atom stereocenters. The molecule has 0 amide bonds. The molecule has 0 aromatic heterocycles. The van der Waals surface area contributed by atoms with Crippen molar-refractivity contribution in [3.8, 4) is 0 Å². The number of nitrogens with one attached hydrogen (secondary N) is 1. The maximum Gasteiger partial charge on any atom is 0.336 e. The Morgan fingerprint density at radius 3 is 2.35 bits per heavy atom. The highest BCUT2D eigenvalue weighted by Gasteiger charge is 2.22. The van der Waals surface area contributed by atoms with Gasteiger partial charge in [0.1, 0.15) is 0 Å². The minimum atomic E-state index is -3.79. The minimum absolute atomic E-state index is 0.0315. The molecule has 0 aliphatic rings. The maximum absolute atomic E-state index is 12.5. The van der Waals surface area contributed by atoms with Crippen molar-refractivity contribution in [3.05, 3.63) is 77.9 Å². The summed E-state index contributed by atoms with van der Waals surface area (Å²) in [5.74, 6) is -1.12. The first-order chi connectivity index (χ1) is 10.8. The largest absolute Gasteiger partial charge is 0.478 e. The van der Waals surface area contributed by atoms with E-state index in [2.05, 4.69) is 11.3 Å². The predicted molar refractivity (Wildman–Crippen MR) is 87.8 cm³/mol. The fourth-order valence-corrected chi connectivity index (χ4v) is 3.34. The molecule has 120 valence electrons. The third-order valence-electron chi connectivity index (χ3n) is 3.38. The van der Waals surface area contributed by atoms with Gasteiger partial charge in [-0.25, -0.2) is 13.2 Å². The summed E-state index contributed by atoms with van der Waals surface area (Å²) in [6.07, 6.45) is 1.37. The monoisotopic (exact) mass is 331 g/mol. The van der Waals surface area contributed by atoms with E-state index in [0.29, 0.717) is 5.56 Å². The van der Waals surface area contributed by atoms with Crippen LogP contribution in [-0.4, -0.2) is 19.5 Å².